The fourth-order valence-corrected chi connectivity index (χ4v) is 4.34. The smallest absolute Gasteiger partial charge is 0.279 e. The van der Waals surface area contributed by atoms with Crippen molar-refractivity contribution in [2.45, 2.75) is 51.5 Å². The van der Waals surface area contributed by atoms with E-state index in [9.17, 15) is 9.59 Å². The van der Waals surface area contributed by atoms with Crippen molar-refractivity contribution in [3.8, 4) is 0 Å². The Bertz CT molecular complexity index is 583. The Labute approximate surface area is 143 Å². The van der Waals surface area contributed by atoms with Gasteiger partial charge in [-0.15, -0.1) is 0 Å². The van der Waals surface area contributed by atoms with Crippen LogP contribution in [0.5, 0.6) is 0 Å². The van der Waals surface area contributed by atoms with E-state index in [1.165, 1.54) is 50.3 Å². The highest BCUT2D eigenvalue weighted by Gasteiger charge is 2.37. The number of benzene rings is 1. The van der Waals surface area contributed by atoms with Crippen LogP contribution in [-0.4, -0.2) is 30.9 Å². The summed E-state index contributed by atoms with van der Waals surface area (Å²) >= 11 is 0. The molecule has 2 aliphatic rings. The SMILES string of the molecule is CC(=O)Nc1ccc(NC(=O)C[NH+]2CCC[C@H]3CCCC[C@@H]32)cc1. The lowest BCUT2D eigenvalue weighted by molar-refractivity contribution is -0.928. The van der Waals surface area contributed by atoms with Crippen molar-refractivity contribution in [3.05, 3.63) is 24.3 Å². The van der Waals surface area contributed by atoms with E-state index < -0.39 is 0 Å². The maximum absolute atomic E-state index is 12.4. The average molecular weight is 330 g/mol. The molecule has 1 saturated carbocycles. The maximum atomic E-state index is 12.4. The van der Waals surface area contributed by atoms with Gasteiger partial charge in [0.25, 0.3) is 5.91 Å². The molecule has 1 aliphatic heterocycles. The van der Waals surface area contributed by atoms with E-state index in [1.54, 1.807) is 0 Å². The molecule has 5 heteroatoms. The highest BCUT2D eigenvalue weighted by atomic mass is 16.2. The van der Waals surface area contributed by atoms with E-state index in [4.69, 9.17) is 0 Å². The average Bonchev–Trinajstić information content (AvgIpc) is 2.56. The maximum Gasteiger partial charge on any atom is 0.279 e. The van der Waals surface area contributed by atoms with Crippen LogP contribution in [0.3, 0.4) is 0 Å². The molecule has 1 unspecified atom stereocenters. The lowest BCUT2D eigenvalue weighted by Crippen LogP contribution is -3.18. The molecule has 5 nitrogen and oxygen atoms in total. The van der Waals surface area contributed by atoms with Gasteiger partial charge in [-0.05, 0) is 56.4 Å². The molecule has 1 saturated heterocycles. The number of likely N-dealkylation sites (tertiary alicyclic amines) is 1. The summed E-state index contributed by atoms with van der Waals surface area (Å²) in [6.45, 7) is 3.17. The number of quaternary nitrogens is 1. The number of hydrogen-bond acceptors (Lipinski definition) is 2. The van der Waals surface area contributed by atoms with Crippen LogP contribution in [0.1, 0.15) is 45.4 Å². The molecule has 0 spiro atoms. The number of fused-ring (bicyclic) bond motifs is 1. The summed E-state index contributed by atoms with van der Waals surface area (Å²) in [4.78, 5) is 24.9. The zero-order valence-corrected chi connectivity index (χ0v) is 14.4. The molecule has 3 rings (SSSR count). The van der Waals surface area contributed by atoms with Gasteiger partial charge in [0.15, 0.2) is 6.54 Å². The number of piperidine rings is 1. The van der Waals surface area contributed by atoms with Gasteiger partial charge in [0.1, 0.15) is 0 Å². The largest absolute Gasteiger partial charge is 0.326 e. The minimum absolute atomic E-state index is 0.0866. The van der Waals surface area contributed by atoms with Crippen molar-refractivity contribution in [1.29, 1.82) is 0 Å². The second kappa shape index (κ2) is 7.79. The summed E-state index contributed by atoms with van der Waals surface area (Å²) in [5, 5.41) is 5.72. The van der Waals surface area contributed by atoms with E-state index in [2.05, 4.69) is 10.6 Å². The lowest BCUT2D eigenvalue weighted by Gasteiger charge is -2.40. The molecular formula is C19H28N3O2+. The van der Waals surface area contributed by atoms with Crippen molar-refractivity contribution < 1.29 is 14.5 Å². The zero-order valence-electron chi connectivity index (χ0n) is 14.4. The molecule has 1 aromatic rings. The van der Waals surface area contributed by atoms with E-state index in [-0.39, 0.29) is 11.8 Å². The summed E-state index contributed by atoms with van der Waals surface area (Å²) < 4.78 is 0. The molecule has 1 aliphatic carbocycles. The normalized spacial score (nSPS) is 26.3. The minimum atomic E-state index is -0.0949. The molecule has 1 aromatic carbocycles. The number of hydrogen-bond donors (Lipinski definition) is 3. The van der Waals surface area contributed by atoms with Gasteiger partial charge < -0.3 is 15.5 Å². The predicted octanol–water partition coefficient (Wildman–Crippen LogP) is 1.82. The summed E-state index contributed by atoms with van der Waals surface area (Å²) in [6.07, 6.45) is 7.90. The van der Waals surface area contributed by atoms with Crippen LogP contribution in [0, 0.1) is 5.92 Å². The fraction of sp³-hybridized carbons (Fsp3) is 0.579. The van der Waals surface area contributed by atoms with Crippen LogP contribution in [0.4, 0.5) is 11.4 Å². The van der Waals surface area contributed by atoms with Gasteiger partial charge in [-0.1, -0.05) is 6.42 Å². The van der Waals surface area contributed by atoms with Gasteiger partial charge in [-0.3, -0.25) is 9.59 Å². The number of carbonyl (C=O) groups excluding carboxylic acids is 2. The van der Waals surface area contributed by atoms with Gasteiger partial charge in [-0.25, -0.2) is 0 Å². The van der Waals surface area contributed by atoms with E-state index in [1.807, 2.05) is 24.3 Å². The summed E-state index contributed by atoms with van der Waals surface area (Å²) in [5.41, 5.74) is 1.53. The quantitative estimate of drug-likeness (QED) is 0.788. The van der Waals surface area contributed by atoms with Crippen LogP contribution in [0.15, 0.2) is 24.3 Å². The number of carbonyl (C=O) groups is 2. The molecule has 0 bridgehead atoms. The van der Waals surface area contributed by atoms with Gasteiger partial charge in [-0.2, -0.15) is 0 Å². The Morgan fingerprint density at radius 2 is 1.62 bits per heavy atom. The Morgan fingerprint density at radius 3 is 2.33 bits per heavy atom. The first-order valence-corrected chi connectivity index (χ1v) is 9.14. The number of amides is 2. The monoisotopic (exact) mass is 330 g/mol. The third-order valence-electron chi connectivity index (χ3n) is 5.38. The van der Waals surface area contributed by atoms with E-state index >= 15 is 0 Å². The number of nitrogens with one attached hydrogen (secondary N) is 3. The van der Waals surface area contributed by atoms with Gasteiger partial charge in [0.05, 0.1) is 12.6 Å². The molecule has 0 radical (unpaired) electrons. The molecule has 1 heterocycles. The summed E-state index contributed by atoms with van der Waals surface area (Å²) in [5.74, 6) is 0.818. The lowest BCUT2D eigenvalue weighted by atomic mass is 9.78. The van der Waals surface area contributed by atoms with Crippen LogP contribution in [-0.2, 0) is 9.59 Å². The van der Waals surface area contributed by atoms with Crippen molar-refractivity contribution in [1.82, 2.24) is 0 Å². The highest BCUT2D eigenvalue weighted by Crippen LogP contribution is 2.28. The number of rotatable bonds is 4. The third kappa shape index (κ3) is 4.35. The molecule has 130 valence electrons. The first-order chi connectivity index (χ1) is 11.6. The summed E-state index contributed by atoms with van der Waals surface area (Å²) in [7, 11) is 0. The topological polar surface area (TPSA) is 62.6 Å². The van der Waals surface area contributed by atoms with Crippen LogP contribution >= 0.6 is 0 Å². The molecule has 3 N–H and O–H groups in total. The number of anilines is 2. The Hall–Kier alpha value is -1.88. The third-order valence-corrected chi connectivity index (χ3v) is 5.38. The van der Waals surface area contributed by atoms with Crippen molar-refractivity contribution in [2.24, 2.45) is 5.92 Å². The van der Waals surface area contributed by atoms with Crippen molar-refractivity contribution in [3.63, 3.8) is 0 Å². The molecule has 0 aromatic heterocycles. The minimum Gasteiger partial charge on any atom is -0.326 e. The Kier molecular flexibility index (Phi) is 5.51. The first-order valence-electron chi connectivity index (χ1n) is 9.14. The van der Waals surface area contributed by atoms with Crippen molar-refractivity contribution >= 4 is 23.2 Å². The molecular weight excluding hydrogens is 302 g/mol. The van der Waals surface area contributed by atoms with E-state index in [0.717, 1.165) is 23.8 Å². The fourth-order valence-electron chi connectivity index (χ4n) is 4.34. The molecule has 3 atom stereocenters. The van der Waals surface area contributed by atoms with Crippen LogP contribution in [0.2, 0.25) is 0 Å². The predicted molar refractivity (Wildman–Crippen MR) is 95.1 cm³/mol. The van der Waals surface area contributed by atoms with Crippen LogP contribution in [0.25, 0.3) is 0 Å². The zero-order chi connectivity index (χ0) is 16.9. The van der Waals surface area contributed by atoms with E-state index in [0.29, 0.717) is 12.6 Å². The molecule has 2 amide bonds. The first kappa shape index (κ1) is 17.0. The van der Waals surface area contributed by atoms with Crippen LogP contribution < -0.4 is 15.5 Å². The summed E-state index contributed by atoms with van der Waals surface area (Å²) in [6, 6.07) is 7.96. The Morgan fingerprint density at radius 1 is 1.00 bits per heavy atom. The standard InChI is InChI=1S/C19H27N3O2/c1-14(23)20-16-8-10-17(11-9-16)21-19(24)13-22-12-4-6-15-5-2-3-7-18(15)22/h8-11,15,18H,2-7,12-13H2,1H3,(H,20,23)(H,21,24)/p+1/t15-,18+/m1/s1. The Balaban J connectivity index is 1.54. The second-order valence-electron chi connectivity index (χ2n) is 7.18. The van der Waals surface area contributed by atoms with Gasteiger partial charge >= 0.3 is 0 Å². The van der Waals surface area contributed by atoms with Crippen molar-refractivity contribution in [2.75, 3.05) is 23.7 Å². The second-order valence-corrected chi connectivity index (χ2v) is 7.18. The molecule has 2 fully saturated rings. The highest BCUT2D eigenvalue weighted by molar-refractivity contribution is 5.92. The van der Waals surface area contributed by atoms with Gasteiger partial charge in [0, 0.05) is 24.2 Å². The van der Waals surface area contributed by atoms with Gasteiger partial charge in [0.2, 0.25) is 5.91 Å². The molecule has 24 heavy (non-hydrogen) atoms.